The van der Waals surface area contributed by atoms with Gasteiger partial charge in [-0.3, -0.25) is 13.9 Å². The predicted octanol–water partition coefficient (Wildman–Crippen LogP) is 17.9. The maximum absolute atomic E-state index is 15.8. The van der Waals surface area contributed by atoms with Crippen LogP contribution in [-0.2, 0) is 40.0 Å². The summed E-state index contributed by atoms with van der Waals surface area (Å²) >= 11 is 0. The summed E-state index contributed by atoms with van der Waals surface area (Å²) < 4.78 is 48.6. The Morgan fingerprint density at radius 1 is 0.554 bits per heavy atom. The number of hydrogen-bond donors (Lipinski definition) is 2. The molecule has 2 N–H and O–H groups in total. The molecule has 0 amide bonds. The molecule has 6 aromatic rings. The summed E-state index contributed by atoms with van der Waals surface area (Å²) in [6, 6.07) is 37.1. The van der Waals surface area contributed by atoms with Gasteiger partial charge in [0, 0.05) is 18.9 Å². The highest BCUT2D eigenvalue weighted by Gasteiger charge is 2.83. The van der Waals surface area contributed by atoms with E-state index in [4.69, 9.17) is 13.8 Å². The van der Waals surface area contributed by atoms with Gasteiger partial charge in [0.15, 0.2) is 0 Å². The van der Waals surface area contributed by atoms with E-state index < -0.39 is 20.8 Å². The maximum Gasteiger partial charge on any atom is 0.332 e. The van der Waals surface area contributed by atoms with E-state index in [0.29, 0.717) is 78.3 Å². The standard InChI is InChI=1S/C73H84O8P2/c1-68-30-26-51(80-82(75,76)42-59-53-18-10-6-14-44(53)34-45-15-7-11-19-54(45)59)36-48(68)22-24-57-61(68)28-32-70(3)63(57)39-65-67(70)72(79-5)40-50-38-64-58-25-23-49-37-52(27-31-69(49,2)62(58)29-33-71(64,4)73(50,65)66(74)41-72)81-83(77,78)43-60-55-20-12-8-16-46(55)35-47-17-9-13-21-56(47)60/h6-23,34-35,50-52,57-58,61-65,67H,24-33,36-43H2,1-5H3,(H,75,76)(H,77,78)/t50?,51-,52-,57+,58+,61-,62-,63-,64-,65?,67-,68-,69-,70-,71-,72?,73-/m0/s1. The van der Waals surface area contributed by atoms with Crippen molar-refractivity contribution in [1.82, 2.24) is 0 Å². The van der Waals surface area contributed by atoms with Gasteiger partial charge in [0.1, 0.15) is 5.78 Å². The lowest BCUT2D eigenvalue weighted by Gasteiger charge is -2.68. The molecule has 0 heterocycles. The van der Waals surface area contributed by atoms with Gasteiger partial charge >= 0.3 is 15.2 Å². The molecule has 17 rings (SSSR count). The van der Waals surface area contributed by atoms with Crippen molar-refractivity contribution in [3.63, 3.8) is 0 Å². The van der Waals surface area contributed by atoms with Crippen molar-refractivity contribution in [3.05, 3.63) is 144 Å². The van der Waals surface area contributed by atoms with E-state index in [1.165, 1.54) is 24.0 Å². The monoisotopic (exact) mass is 1150 g/mol. The minimum Gasteiger partial charge on any atom is -0.377 e. The van der Waals surface area contributed by atoms with Crippen LogP contribution in [0.1, 0.15) is 142 Å². The van der Waals surface area contributed by atoms with Gasteiger partial charge in [0.2, 0.25) is 0 Å². The van der Waals surface area contributed by atoms with E-state index >= 15 is 4.79 Å². The Bertz CT molecular complexity index is 3780. The number of carbonyl (C=O) groups is 1. The van der Waals surface area contributed by atoms with E-state index in [1.54, 1.807) is 0 Å². The molecule has 11 aliphatic rings. The Balaban J connectivity index is 0.644. The second-order valence-electron chi connectivity index (χ2n) is 29.8. The van der Waals surface area contributed by atoms with Crippen molar-refractivity contribution in [2.24, 2.45) is 80.3 Å². The zero-order valence-corrected chi connectivity index (χ0v) is 51.2. The van der Waals surface area contributed by atoms with Gasteiger partial charge in [-0.1, -0.05) is 148 Å². The Labute approximate surface area is 490 Å². The SMILES string of the molecule is COC12CC(=O)[C@]3(C(C[C@H]4[C@@H]5CC=C6C[C@@H](OP(=O)(O)Cc7c8ccccc8cc8ccccc78)CC[C@]6(C)[C@H]5CC[C@@]43C)C1)C1C[C@H]3[C@@H]4CC=C5C[C@@H](OP(=O)(O)Cc6c7ccccc7cc7ccccc67)CC[C@]5(C)[C@H]4CC[C@]3(C)[C@H]12. The number of methoxy groups -OCH3 is 1. The average molecular weight is 1150 g/mol. The lowest BCUT2D eigenvalue weighted by Crippen LogP contribution is -2.71. The van der Waals surface area contributed by atoms with Crippen LogP contribution < -0.4 is 0 Å². The third-order valence-electron chi connectivity index (χ3n) is 26.9. The van der Waals surface area contributed by atoms with Gasteiger partial charge in [0.25, 0.3) is 0 Å². The highest BCUT2D eigenvalue weighted by Crippen LogP contribution is 2.85. The molecule has 0 saturated heterocycles. The molecular formula is C73H84O8P2. The van der Waals surface area contributed by atoms with Gasteiger partial charge in [-0.25, -0.2) is 0 Å². The third-order valence-corrected chi connectivity index (χ3v) is 29.6. The van der Waals surface area contributed by atoms with Crippen LogP contribution >= 0.6 is 15.2 Å². The van der Waals surface area contributed by atoms with Crippen molar-refractivity contribution in [3.8, 4) is 0 Å². The largest absolute Gasteiger partial charge is 0.377 e. The summed E-state index contributed by atoms with van der Waals surface area (Å²) in [5.41, 5.74) is 3.92. The zero-order chi connectivity index (χ0) is 56.8. The van der Waals surface area contributed by atoms with E-state index in [2.05, 4.69) is 101 Å². The number of benzene rings is 6. The predicted molar refractivity (Wildman–Crippen MR) is 331 cm³/mol. The van der Waals surface area contributed by atoms with Gasteiger partial charge < -0.3 is 23.6 Å². The van der Waals surface area contributed by atoms with Crippen molar-refractivity contribution in [2.75, 3.05) is 7.11 Å². The quantitative estimate of drug-likeness (QED) is 0.0835. The van der Waals surface area contributed by atoms with Crippen LogP contribution in [-0.4, -0.2) is 40.5 Å². The minimum absolute atomic E-state index is 0.00340. The molecule has 0 radical (unpaired) electrons. The van der Waals surface area contributed by atoms with Crippen molar-refractivity contribution in [2.45, 2.75) is 161 Å². The fourth-order valence-electron chi connectivity index (χ4n) is 23.8. The fourth-order valence-corrected chi connectivity index (χ4v) is 26.7. The van der Waals surface area contributed by atoms with Gasteiger partial charge in [-0.15, -0.1) is 0 Å². The summed E-state index contributed by atoms with van der Waals surface area (Å²) in [5.74, 6) is 4.63. The number of hydrogen-bond acceptors (Lipinski definition) is 6. The summed E-state index contributed by atoms with van der Waals surface area (Å²) in [7, 11) is -6.08. The normalized spacial score (nSPS) is 41.8. The summed E-state index contributed by atoms with van der Waals surface area (Å²) in [6.45, 7) is 10.3. The summed E-state index contributed by atoms with van der Waals surface area (Å²) in [4.78, 5) is 39.4. The number of allylic oxidation sites excluding steroid dienone is 2. The summed E-state index contributed by atoms with van der Waals surface area (Å²) in [6.07, 6.45) is 19.8. The fraction of sp³-hybridized carbons (Fsp3) is 0.548. The van der Waals surface area contributed by atoms with Crippen LogP contribution in [0.4, 0.5) is 0 Å². The Kier molecular flexibility index (Phi) is 12.2. The van der Waals surface area contributed by atoms with Gasteiger partial charge in [-0.05, 0) is 238 Å². The first-order chi connectivity index (χ1) is 39.8. The molecule has 10 heteroatoms. The van der Waals surface area contributed by atoms with E-state index in [1.807, 2.05) is 55.6 Å². The first kappa shape index (κ1) is 54.2. The summed E-state index contributed by atoms with van der Waals surface area (Å²) in [5, 5.41) is 8.31. The number of carbonyl (C=O) groups excluding carboxylic acids is 1. The molecule has 0 aliphatic heterocycles. The second-order valence-corrected chi connectivity index (χ2v) is 33.4. The molecule has 9 saturated carbocycles. The van der Waals surface area contributed by atoms with Crippen LogP contribution in [0.3, 0.4) is 0 Å². The molecule has 0 aromatic heterocycles. The molecule has 9 fully saturated rings. The van der Waals surface area contributed by atoms with E-state index in [-0.39, 0.29) is 51.6 Å². The van der Waals surface area contributed by atoms with Crippen molar-refractivity contribution < 1.29 is 37.5 Å². The Morgan fingerprint density at radius 3 is 1.49 bits per heavy atom. The average Bonchev–Trinajstić information content (AvgIpc) is 1.52. The molecule has 11 aliphatic carbocycles. The molecule has 1 spiro atoms. The molecular weight excluding hydrogens is 1070 g/mol. The molecule has 8 nitrogen and oxygen atoms in total. The topological polar surface area (TPSA) is 119 Å². The zero-order valence-electron chi connectivity index (χ0n) is 49.4. The number of fused-ring (bicyclic) bond motifs is 15. The van der Waals surface area contributed by atoms with Gasteiger partial charge in [0.05, 0.1) is 30.1 Å². The van der Waals surface area contributed by atoms with Crippen LogP contribution in [0.15, 0.2) is 132 Å². The second kappa shape index (κ2) is 18.6. The minimum atomic E-state index is -4.01. The third kappa shape index (κ3) is 7.64. The molecule has 434 valence electrons. The highest BCUT2D eigenvalue weighted by atomic mass is 31.2. The van der Waals surface area contributed by atoms with Crippen LogP contribution in [0.25, 0.3) is 43.1 Å². The molecule has 83 heavy (non-hydrogen) atoms. The molecule has 5 unspecified atom stereocenters. The Morgan fingerprint density at radius 2 is 1.01 bits per heavy atom. The Hall–Kier alpha value is -4.23. The first-order valence-electron chi connectivity index (χ1n) is 32.1. The lowest BCUT2D eigenvalue weighted by molar-refractivity contribution is -0.241. The van der Waals surface area contributed by atoms with E-state index in [0.717, 1.165) is 125 Å². The number of ketones is 1. The number of rotatable bonds is 9. The molecule has 2 bridgehead atoms. The number of Topliss-reactive ketones (excluding diaryl/α,β-unsaturated/α-hetero) is 1. The highest BCUT2D eigenvalue weighted by molar-refractivity contribution is 7.52. The molecule has 6 aromatic carbocycles. The lowest BCUT2D eigenvalue weighted by atomic mass is 9.36. The van der Waals surface area contributed by atoms with Crippen LogP contribution in [0.2, 0.25) is 0 Å². The number of ether oxygens (including phenoxy) is 1. The maximum atomic E-state index is 15.8. The van der Waals surface area contributed by atoms with Crippen molar-refractivity contribution in [1.29, 1.82) is 0 Å². The van der Waals surface area contributed by atoms with Crippen LogP contribution in [0.5, 0.6) is 0 Å². The van der Waals surface area contributed by atoms with Crippen molar-refractivity contribution >= 4 is 64.1 Å². The molecule has 19 atom stereocenters. The smallest absolute Gasteiger partial charge is 0.332 e. The first-order valence-corrected chi connectivity index (χ1v) is 35.6. The van der Waals surface area contributed by atoms with Crippen LogP contribution in [0, 0.1) is 80.3 Å². The van der Waals surface area contributed by atoms with E-state index in [9.17, 15) is 18.9 Å². The van der Waals surface area contributed by atoms with Gasteiger partial charge in [-0.2, -0.15) is 0 Å².